The molecule has 2 atom stereocenters. The molecule has 0 bridgehead atoms. The first-order chi connectivity index (χ1) is 44.6. The average Bonchev–Trinajstić information content (AvgIpc) is 3.46. The molecule has 0 spiro atoms. The van der Waals surface area contributed by atoms with E-state index in [1.807, 2.05) is 21.1 Å². The summed E-state index contributed by atoms with van der Waals surface area (Å²) in [5, 5.41) is 11.9. The zero-order chi connectivity index (χ0) is 66.1. The lowest BCUT2D eigenvalue weighted by molar-refractivity contribution is -0.870. The number of aliphatic carboxylic acids is 1. The van der Waals surface area contributed by atoms with Crippen molar-refractivity contribution in [3.63, 3.8) is 0 Å². The van der Waals surface area contributed by atoms with Crippen LogP contribution in [-0.4, -0.2) is 82.3 Å². The molecule has 0 radical (unpaired) electrons. The van der Waals surface area contributed by atoms with Gasteiger partial charge in [-0.2, -0.15) is 0 Å². The highest BCUT2D eigenvalue weighted by Crippen LogP contribution is 2.21. The zero-order valence-corrected chi connectivity index (χ0v) is 62.3. The van der Waals surface area contributed by atoms with Crippen molar-refractivity contribution in [1.82, 2.24) is 0 Å². The number of carboxylic acid groups (broad SMARTS) is 1. The third kappa shape index (κ3) is 75.5. The fraction of sp³-hybridized carbons (Fsp3) is 0.963. The molecule has 0 amide bonds. The second-order valence-electron chi connectivity index (χ2n) is 29.8. The van der Waals surface area contributed by atoms with E-state index in [1.54, 1.807) is 0 Å². The molecule has 0 fully saturated rings. The number of carbonyl (C=O) groups excluding carboxylic acids is 3. The Balaban J connectivity index is 3.92. The number of rotatable bonds is 79. The maximum Gasteiger partial charge on any atom is 0.306 e. The summed E-state index contributed by atoms with van der Waals surface area (Å²) in [7, 11) is 5.96. The number of ether oxygens (including phenoxy) is 4. The Morgan fingerprint density at radius 3 is 0.703 bits per heavy atom. The van der Waals surface area contributed by atoms with Crippen molar-refractivity contribution in [2.75, 3.05) is 47.5 Å². The van der Waals surface area contributed by atoms with Crippen LogP contribution in [0.25, 0.3) is 0 Å². The lowest BCUT2D eigenvalue weighted by Gasteiger charge is -2.26. The van der Waals surface area contributed by atoms with Crippen LogP contribution >= 0.6 is 0 Å². The van der Waals surface area contributed by atoms with E-state index in [2.05, 4.69) is 13.8 Å². The van der Waals surface area contributed by atoms with Crippen molar-refractivity contribution in [1.29, 1.82) is 0 Å². The van der Waals surface area contributed by atoms with Crippen molar-refractivity contribution in [3.8, 4) is 0 Å². The van der Waals surface area contributed by atoms with E-state index in [4.69, 9.17) is 18.9 Å². The van der Waals surface area contributed by atoms with E-state index in [1.165, 1.54) is 385 Å². The Labute approximate surface area is 568 Å². The number of hydrogen-bond acceptors (Lipinski definition) is 8. The number of carboxylic acids is 1. The smallest absolute Gasteiger partial charge is 0.306 e. The molecule has 2 unspecified atom stereocenters. The third-order valence-electron chi connectivity index (χ3n) is 19.4. The van der Waals surface area contributed by atoms with Gasteiger partial charge in [-0.15, -0.1) is 0 Å². The fourth-order valence-corrected chi connectivity index (χ4v) is 13.1. The van der Waals surface area contributed by atoms with Crippen molar-refractivity contribution in [2.45, 2.75) is 463 Å². The van der Waals surface area contributed by atoms with E-state index in [9.17, 15) is 19.5 Å². The van der Waals surface area contributed by atoms with Crippen molar-refractivity contribution >= 4 is 17.9 Å². The van der Waals surface area contributed by atoms with E-state index in [0.29, 0.717) is 17.4 Å². The molecule has 0 aromatic rings. The molecule has 0 saturated heterocycles. The number of quaternary nitrogens is 1. The fourth-order valence-electron chi connectivity index (χ4n) is 13.1. The SMILES string of the molecule is CCCCCCCCCCCCCCCCCCCCCCCCCCCCCCCCCCCCCCCCC(=O)OC(COC(=O)CCCCCCCCCCCCCCCCCCCCCCCCCCCCCC)COC(OCC[N+](C)(C)C)C(=O)[O-]. The van der Waals surface area contributed by atoms with Gasteiger partial charge in [-0.25, -0.2) is 0 Å². The van der Waals surface area contributed by atoms with Gasteiger partial charge in [0.2, 0.25) is 0 Å². The lowest BCUT2D eigenvalue weighted by atomic mass is 10.0. The number of esters is 2. The highest BCUT2D eigenvalue weighted by molar-refractivity contribution is 5.70. The highest BCUT2D eigenvalue weighted by atomic mass is 16.7. The number of nitrogens with zero attached hydrogens (tertiary/aromatic N) is 1. The van der Waals surface area contributed by atoms with Crippen LogP contribution in [0.1, 0.15) is 450 Å². The van der Waals surface area contributed by atoms with Gasteiger partial charge in [0.05, 0.1) is 40.3 Å². The first kappa shape index (κ1) is 89.3. The molecule has 0 heterocycles. The van der Waals surface area contributed by atoms with Crippen molar-refractivity contribution in [3.05, 3.63) is 0 Å². The van der Waals surface area contributed by atoms with Crippen molar-refractivity contribution < 1.29 is 42.9 Å². The quantitative estimate of drug-likeness (QED) is 0.0256. The monoisotopic (exact) mass is 1290 g/mol. The Morgan fingerprint density at radius 1 is 0.286 bits per heavy atom. The molecule has 0 aliphatic carbocycles. The van der Waals surface area contributed by atoms with Gasteiger partial charge in [-0.1, -0.05) is 425 Å². The van der Waals surface area contributed by atoms with Gasteiger partial charge in [0, 0.05) is 12.8 Å². The normalized spacial score (nSPS) is 12.5. The summed E-state index contributed by atoms with van der Waals surface area (Å²) in [6, 6.07) is 0. The summed E-state index contributed by atoms with van der Waals surface area (Å²) in [6.07, 6.45) is 88.2. The van der Waals surface area contributed by atoms with Crippen LogP contribution in [0.3, 0.4) is 0 Å². The molecule has 0 aliphatic rings. The average molecular weight is 1290 g/mol. The second-order valence-corrected chi connectivity index (χ2v) is 29.8. The Hall–Kier alpha value is -1.71. The van der Waals surface area contributed by atoms with E-state index in [-0.39, 0.29) is 32.2 Å². The molecule has 9 heteroatoms. The van der Waals surface area contributed by atoms with E-state index in [0.717, 1.165) is 38.5 Å². The lowest BCUT2D eigenvalue weighted by Crippen LogP contribution is -2.44. The largest absolute Gasteiger partial charge is 0.545 e. The van der Waals surface area contributed by atoms with Crippen LogP contribution in [0.2, 0.25) is 0 Å². The van der Waals surface area contributed by atoms with Crippen LogP contribution in [-0.2, 0) is 33.3 Å². The van der Waals surface area contributed by atoms with Crippen LogP contribution in [0.5, 0.6) is 0 Å². The summed E-state index contributed by atoms with van der Waals surface area (Å²) in [5.41, 5.74) is 0. The van der Waals surface area contributed by atoms with Crippen LogP contribution < -0.4 is 5.11 Å². The minimum atomic E-state index is -1.62. The highest BCUT2D eigenvalue weighted by Gasteiger charge is 2.22. The van der Waals surface area contributed by atoms with Gasteiger partial charge >= 0.3 is 11.9 Å². The maximum atomic E-state index is 13.0. The predicted molar refractivity (Wildman–Crippen MR) is 390 cm³/mol. The molecule has 0 rings (SSSR count). The number of hydrogen-bond donors (Lipinski definition) is 0. The Kier molecular flexibility index (Phi) is 72.7. The molecule has 542 valence electrons. The maximum absolute atomic E-state index is 13.0. The molecule has 0 saturated carbocycles. The molecule has 0 aromatic heterocycles. The Bertz CT molecular complexity index is 1450. The van der Waals surface area contributed by atoms with Gasteiger partial charge in [0.1, 0.15) is 13.2 Å². The number of carbonyl (C=O) groups is 3. The van der Waals surface area contributed by atoms with E-state index < -0.39 is 24.3 Å². The minimum absolute atomic E-state index is 0.154. The van der Waals surface area contributed by atoms with Gasteiger partial charge in [0.15, 0.2) is 12.4 Å². The van der Waals surface area contributed by atoms with Crippen molar-refractivity contribution in [2.24, 2.45) is 0 Å². The predicted octanol–water partition coefficient (Wildman–Crippen LogP) is 24.8. The summed E-state index contributed by atoms with van der Waals surface area (Å²) in [5.74, 6) is -2.24. The summed E-state index contributed by atoms with van der Waals surface area (Å²) in [4.78, 5) is 37.6. The third-order valence-corrected chi connectivity index (χ3v) is 19.4. The molecular formula is C82H161NO8. The van der Waals surface area contributed by atoms with Gasteiger partial charge in [-0.3, -0.25) is 9.59 Å². The molecule has 0 aliphatic heterocycles. The zero-order valence-electron chi connectivity index (χ0n) is 62.3. The molecular weight excluding hydrogens is 1130 g/mol. The minimum Gasteiger partial charge on any atom is -0.545 e. The van der Waals surface area contributed by atoms with Crippen LogP contribution in [0.4, 0.5) is 0 Å². The Morgan fingerprint density at radius 2 is 0.495 bits per heavy atom. The topological polar surface area (TPSA) is 111 Å². The molecule has 0 aromatic carbocycles. The van der Waals surface area contributed by atoms with Gasteiger partial charge in [0.25, 0.3) is 0 Å². The van der Waals surface area contributed by atoms with Crippen LogP contribution in [0.15, 0.2) is 0 Å². The summed E-state index contributed by atoms with van der Waals surface area (Å²) >= 11 is 0. The van der Waals surface area contributed by atoms with E-state index >= 15 is 0 Å². The first-order valence-corrected chi connectivity index (χ1v) is 41.2. The first-order valence-electron chi connectivity index (χ1n) is 41.2. The van der Waals surface area contributed by atoms with Gasteiger partial charge in [-0.05, 0) is 12.8 Å². The second kappa shape index (κ2) is 74.1. The number of unbranched alkanes of at least 4 members (excludes halogenated alkanes) is 64. The molecule has 91 heavy (non-hydrogen) atoms. The van der Waals surface area contributed by atoms with Gasteiger partial charge < -0.3 is 33.3 Å². The van der Waals surface area contributed by atoms with Crippen LogP contribution in [0, 0.1) is 0 Å². The number of likely N-dealkylation sites (N-methyl/N-ethyl adjacent to an activating group) is 1. The summed E-state index contributed by atoms with van der Waals surface area (Å²) < 4.78 is 22.9. The molecule has 0 N–H and O–H groups in total. The standard InChI is InChI=1S/C82H161NO8/c1-6-8-10-12-14-16-18-20-22-24-26-28-30-32-34-36-37-38-39-40-41-42-43-44-45-47-49-51-53-55-57-59-61-63-65-67-69-71-73-80(85)91-78(77-90-82(81(86)87)88-75-74-83(3,4)5)76-89-79(84)72-70-68-66-64-62-60-58-56-54-52-50-48-46-35-33-31-29-27-25-23-21-19-17-15-13-11-9-7-2/h78,82H,6-77H2,1-5H3. The summed E-state index contributed by atoms with van der Waals surface area (Å²) in [6.45, 7) is 4.86. The molecule has 9 nitrogen and oxygen atoms in total.